The molecule has 0 saturated carbocycles. The topological polar surface area (TPSA) is 84.3 Å². The van der Waals surface area contributed by atoms with Crippen molar-refractivity contribution in [2.75, 3.05) is 19.6 Å². The van der Waals surface area contributed by atoms with Gasteiger partial charge in [0, 0.05) is 28.7 Å². The van der Waals surface area contributed by atoms with Crippen molar-refractivity contribution in [1.29, 1.82) is 0 Å². The number of amides is 1. The van der Waals surface area contributed by atoms with Gasteiger partial charge in [0.2, 0.25) is 0 Å². The van der Waals surface area contributed by atoms with E-state index < -0.39 is 4.92 Å². The summed E-state index contributed by atoms with van der Waals surface area (Å²) < 4.78 is 0.526. The van der Waals surface area contributed by atoms with Crippen LogP contribution in [0, 0.1) is 16.0 Å². The summed E-state index contributed by atoms with van der Waals surface area (Å²) in [7, 11) is 0. The lowest BCUT2D eigenvalue weighted by atomic mass is 9.96. The summed E-state index contributed by atoms with van der Waals surface area (Å²) >= 11 is 3.19. The minimum atomic E-state index is -0.505. The zero-order chi connectivity index (χ0) is 15.2. The molecule has 1 fully saturated rings. The van der Waals surface area contributed by atoms with Crippen LogP contribution in [0.5, 0.6) is 0 Å². The number of carbonyl (C=O) groups excluding carboxylic acids is 1. The van der Waals surface area contributed by atoms with Crippen LogP contribution in [0.25, 0.3) is 0 Å². The molecule has 2 rings (SSSR count). The Morgan fingerprint density at radius 1 is 1.45 bits per heavy atom. The predicted octanol–water partition coefficient (Wildman–Crippen LogP) is 2.90. The summed E-state index contributed by atoms with van der Waals surface area (Å²) in [5.41, 5.74) is 0.212. The molecular formula is C14H19BrClN3O3. The van der Waals surface area contributed by atoms with Crippen LogP contribution in [0.3, 0.4) is 0 Å². The second kappa shape index (κ2) is 9.07. The fourth-order valence-corrected chi connectivity index (χ4v) is 2.95. The van der Waals surface area contributed by atoms with Gasteiger partial charge in [-0.2, -0.15) is 0 Å². The van der Waals surface area contributed by atoms with Gasteiger partial charge >= 0.3 is 0 Å². The summed E-state index contributed by atoms with van der Waals surface area (Å²) in [6.07, 6.45) is 3.29. The average molecular weight is 393 g/mol. The maximum absolute atomic E-state index is 12.0. The number of benzene rings is 1. The van der Waals surface area contributed by atoms with Crippen LogP contribution in [0.15, 0.2) is 22.7 Å². The fourth-order valence-electron chi connectivity index (χ4n) is 2.47. The molecule has 1 aromatic carbocycles. The summed E-state index contributed by atoms with van der Waals surface area (Å²) in [5, 5.41) is 17.0. The van der Waals surface area contributed by atoms with Crippen LogP contribution < -0.4 is 10.6 Å². The van der Waals surface area contributed by atoms with Gasteiger partial charge in [-0.15, -0.1) is 12.4 Å². The summed E-state index contributed by atoms with van der Waals surface area (Å²) in [6, 6.07) is 4.26. The van der Waals surface area contributed by atoms with Gasteiger partial charge < -0.3 is 10.6 Å². The molecule has 0 radical (unpaired) electrons. The van der Waals surface area contributed by atoms with Crippen LogP contribution >= 0.6 is 28.3 Å². The molecule has 1 aliphatic heterocycles. The minimum absolute atomic E-state index is 0. The lowest BCUT2D eigenvalue weighted by molar-refractivity contribution is -0.385. The molecule has 0 aromatic heterocycles. The number of nitrogens with zero attached hydrogens (tertiary/aromatic N) is 1. The number of nitro groups is 1. The number of nitrogens with one attached hydrogen (secondary N) is 2. The first-order chi connectivity index (χ1) is 10.1. The third kappa shape index (κ3) is 5.55. The molecule has 6 nitrogen and oxygen atoms in total. The van der Waals surface area contributed by atoms with E-state index in [-0.39, 0.29) is 24.0 Å². The van der Waals surface area contributed by atoms with E-state index in [1.54, 1.807) is 6.07 Å². The number of rotatable bonds is 5. The SMILES string of the molecule is Cl.O=C(NCCC1CCCNC1)c1cc(Br)cc([N+](=O)[O-])c1. The second-order valence-electron chi connectivity index (χ2n) is 5.21. The number of nitro benzene ring substituents is 1. The van der Waals surface area contributed by atoms with Crippen molar-refractivity contribution in [2.24, 2.45) is 5.92 Å². The van der Waals surface area contributed by atoms with Gasteiger partial charge in [0.25, 0.3) is 11.6 Å². The fraction of sp³-hybridized carbons (Fsp3) is 0.500. The normalized spacial score (nSPS) is 17.4. The lowest BCUT2D eigenvalue weighted by Crippen LogP contribution is -2.33. The molecule has 1 aliphatic rings. The Labute approximate surface area is 143 Å². The van der Waals surface area contributed by atoms with Crippen LogP contribution in [0.2, 0.25) is 0 Å². The molecule has 1 aromatic rings. The first-order valence-electron chi connectivity index (χ1n) is 7.00. The van der Waals surface area contributed by atoms with E-state index in [1.165, 1.54) is 25.0 Å². The number of hydrogen-bond donors (Lipinski definition) is 2. The van der Waals surface area contributed by atoms with Gasteiger partial charge in [-0.25, -0.2) is 0 Å². The molecule has 0 spiro atoms. The highest BCUT2D eigenvalue weighted by Gasteiger charge is 2.15. The standard InChI is InChI=1S/C14H18BrN3O3.ClH/c15-12-6-11(7-13(8-12)18(20)21)14(19)17-5-3-10-2-1-4-16-9-10;/h6-8,10,16H,1-5,9H2,(H,17,19);1H. The molecule has 1 saturated heterocycles. The Kier molecular flexibility index (Phi) is 7.78. The predicted molar refractivity (Wildman–Crippen MR) is 90.6 cm³/mol. The van der Waals surface area contributed by atoms with E-state index in [2.05, 4.69) is 26.6 Å². The highest BCUT2D eigenvalue weighted by Crippen LogP contribution is 2.21. The maximum Gasteiger partial charge on any atom is 0.271 e. The van der Waals surface area contributed by atoms with Crippen LogP contribution in [-0.2, 0) is 0 Å². The zero-order valence-electron chi connectivity index (χ0n) is 12.0. The highest BCUT2D eigenvalue weighted by atomic mass is 79.9. The van der Waals surface area contributed by atoms with Gasteiger partial charge in [0.15, 0.2) is 0 Å². The van der Waals surface area contributed by atoms with Crippen molar-refractivity contribution in [3.05, 3.63) is 38.3 Å². The first-order valence-corrected chi connectivity index (χ1v) is 7.79. The van der Waals surface area contributed by atoms with Crippen molar-refractivity contribution in [3.63, 3.8) is 0 Å². The summed E-state index contributed by atoms with van der Waals surface area (Å²) in [6.45, 7) is 2.66. The number of piperidine rings is 1. The molecule has 2 N–H and O–H groups in total. The van der Waals surface area contributed by atoms with Crippen LogP contribution in [0.1, 0.15) is 29.6 Å². The van der Waals surface area contributed by atoms with Crippen LogP contribution in [0.4, 0.5) is 5.69 Å². The molecular weight excluding hydrogens is 374 g/mol. The van der Waals surface area contributed by atoms with Crippen molar-refractivity contribution in [2.45, 2.75) is 19.3 Å². The van der Waals surface area contributed by atoms with Gasteiger partial charge in [0.05, 0.1) is 4.92 Å². The zero-order valence-corrected chi connectivity index (χ0v) is 14.4. The molecule has 1 heterocycles. The first kappa shape index (κ1) is 18.9. The van der Waals surface area contributed by atoms with E-state index in [4.69, 9.17) is 0 Å². The Morgan fingerprint density at radius 3 is 2.86 bits per heavy atom. The van der Waals surface area contributed by atoms with Crippen molar-refractivity contribution in [1.82, 2.24) is 10.6 Å². The van der Waals surface area contributed by atoms with E-state index >= 15 is 0 Å². The quantitative estimate of drug-likeness (QED) is 0.596. The molecule has 1 atom stereocenters. The second-order valence-corrected chi connectivity index (χ2v) is 6.13. The molecule has 0 bridgehead atoms. The summed E-state index contributed by atoms with van der Waals surface area (Å²) in [5.74, 6) is 0.319. The Morgan fingerprint density at radius 2 is 2.23 bits per heavy atom. The molecule has 0 aliphatic carbocycles. The molecule has 122 valence electrons. The Hall–Kier alpha value is -1.18. The largest absolute Gasteiger partial charge is 0.352 e. The smallest absolute Gasteiger partial charge is 0.271 e. The summed E-state index contributed by atoms with van der Waals surface area (Å²) in [4.78, 5) is 22.3. The number of hydrogen-bond acceptors (Lipinski definition) is 4. The van der Waals surface area contributed by atoms with E-state index in [9.17, 15) is 14.9 Å². The highest BCUT2D eigenvalue weighted by molar-refractivity contribution is 9.10. The lowest BCUT2D eigenvalue weighted by Gasteiger charge is -2.22. The van der Waals surface area contributed by atoms with Gasteiger partial charge in [-0.05, 0) is 44.3 Å². The third-order valence-corrected chi connectivity index (χ3v) is 4.05. The monoisotopic (exact) mass is 391 g/mol. The molecule has 22 heavy (non-hydrogen) atoms. The number of carbonyl (C=O) groups is 1. The Balaban J connectivity index is 0.00000242. The van der Waals surface area contributed by atoms with Crippen molar-refractivity contribution in [3.8, 4) is 0 Å². The third-order valence-electron chi connectivity index (χ3n) is 3.59. The van der Waals surface area contributed by atoms with Crippen molar-refractivity contribution >= 4 is 39.9 Å². The average Bonchev–Trinajstić information content (AvgIpc) is 2.47. The van der Waals surface area contributed by atoms with E-state index in [0.29, 0.717) is 22.5 Å². The Bertz CT molecular complexity index is 536. The maximum atomic E-state index is 12.0. The minimum Gasteiger partial charge on any atom is -0.352 e. The van der Waals surface area contributed by atoms with E-state index in [0.717, 1.165) is 19.5 Å². The number of non-ortho nitro benzene ring substituents is 1. The molecule has 1 unspecified atom stereocenters. The van der Waals surface area contributed by atoms with Gasteiger partial charge in [0.1, 0.15) is 0 Å². The van der Waals surface area contributed by atoms with Gasteiger partial charge in [-0.3, -0.25) is 14.9 Å². The van der Waals surface area contributed by atoms with E-state index in [1.807, 2.05) is 0 Å². The van der Waals surface area contributed by atoms with Gasteiger partial charge in [-0.1, -0.05) is 15.9 Å². The number of halogens is 2. The molecule has 1 amide bonds. The van der Waals surface area contributed by atoms with Crippen LogP contribution in [-0.4, -0.2) is 30.5 Å². The van der Waals surface area contributed by atoms with Crippen molar-refractivity contribution < 1.29 is 9.72 Å². The molecule has 8 heteroatoms.